The molecule has 0 N–H and O–H groups in total. The van der Waals surface area contributed by atoms with Gasteiger partial charge in [0.05, 0.1) is 17.1 Å². The molecule has 0 unspecified atom stereocenters. The van der Waals surface area contributed by atoms with Gasteiger partial charge in [-0.15, -0.1) is 0 Å². The maximum atomic E-state index is 12.3. The van der Waals surface area contributed by atoms with Crippen molar-refractivity contribution in [2.75, 3.05) is 19.3 Å². The number of carbonyl (C=O) groups is 1. The van der Waals surface area contributed by atoms with Crippen molar-refractivity contribution in [3.8, 4) is 0 Å². The van der Waals surface area contributed by atoms with E-state index in [-0.39, 0.29) is 6.09 Å². The fourth-order valence-corrected chi connectivity index (χ4v) is 5.14. The van der Waals surface area contributed by atoms with Crippen LogP contribution in [0.15, 0.2) is 47.5 Å². The number of pyridine rings is 1. The van der Waals surface area contributed by atoms with Gasteiger partial charge < -0.3 is 14.2 Å². The normalized spacial score (nSPS) is 15.6. The Morgan fingerprint density at radius 1 is 1.12 bits per heavy atom. The van der Waals surface area contributed by atoms with Crippen LogP contribution in [-0.2, 0) is 21.1 Å². The number of benzene rings is 1. The number of piperidine rings is 1. The van der Waals surface area contributed by atoms with Crippen molar-refractivity contribution in [3.05, 3.63) is 59.5 Å². The molecule has 0 atom stereocenters. The summed E-state index contributed by atoms with van der Waals surface area (Å²) in [4.78, 5) is 19.1. The number of fused-ring (bicyclic) bond motifs is 1. The highest BCUT2D eigenvalue weighted by molar-refractivity contribution is 7.90. The van der Waals surface area contributed by atoms with Crippen LogP contribution in [0.3, 0.4) is 0 Å². The van der Waals surface area contributed by atoms with E-state index in [4.69, 9.17) is 9.72 Å². The van der Waals surface area contributed by atoms with E-state index in [0.717, 1.165) is 35.1 Å². The molecule has 4 rings (SSSR count). The van der Waals surface area contributed by atoms with Gasteiger partial charge in [0.1, 0.15) is 5.60 Å². The lowest BCUT2D eigenvalue weighted by atomic mass is 9.90. The molecule has 1 aliphatic rings. The van der Waals surface area contributed by atoms with E-state index in [0.29, 0.717) is 30.4 Å². The van der Waals surface area contributed by atoms with Crippen LogP contribution in [0.5, 0.6) is 0 Å². The fraction of sp³-hybridized carbons (Fsp3) is 0.462. The minimum atomic E-state index is -3.24. The van der Waals surface area contributed by atoms with Crippen molar-refractivity contribution in [2.24, 2.45) is 0 Å². The number of aryl methyl sites for hydroxylation is 1. The number of nitrogens with zero attached hydrogens (tertiary/aromatic N) is 3. The Balaban J connectivity index is 1.43. The average Bonchev–Trinajstić information content (AvgIpc) is 3.07. The van der Waals surface area contributed by atoms with Gasteiger partial charge >= 0.3 is 6.09 Å². The summed E-state index contributed by atoms with van der Waals surface area (Å²) in [6.45, 7) is 9.66. The molecule has 2 aromatic heterocycles. The van der Waals surface area contributed by atoms with Crippen LogP contribution < -0.4 is 0 Å². The van der Waals surface area contributed by atoms with E-state index in [2.05, 4.69) is 16.7 Å². The maximum Gasteiger partial charge on any atom is 0.410 e. The van der Waals surface area contributed by atoms with Crippen LogP contribution in [0.2, 0.25) is 0 Å². The van der Waals surface area contributed by atoms with Gasteiger partial charge in [0.15, 0.2) is 9.84 Å². The predicted octanol–water partition coefficient (Wildman–Crippen LogP) is 4.91. The van der Waals surface area contributed by atoms with Crippen molar-refractivity contribution in [3.63, 3.8) is 0 Å². The maximum absolute atomic E-state index is 12.3. The SMILES string of the molecule is Cc1cc2cc(S(C)(=O)=O)ccc2n1Cc1ccc(C2CCN(C(=O)OC(C)(C)C)CC2)cn1. The third-order valence-corrected chi connectivity index (χ3v) is 7.40. The Bertz CT molecular complexity index is 1300. The summed E-state index contributed by atoms with van der Waals surface area (Å²) in [6, 6.07) is 11.5. The third-order valence-electron chi connectivity index (χ3n) is 6.29. The molecule has 0 aliphatic carbocycles. The molecule has 3 aromatic rings. The topological polar surface area (TPSA) is 81.5 Å². The van der Waals surface area contributed by atoms with Gasteiger partial charge in [0.25, 0.3) is 0 Å². The highest BCUT2D eigenvalue weighted by atomic mass is 32.2. The molecule has 182 valence electrons. The van der Waals surface area contributed by atoms with Crippen LogP contribution in [0.25, 0.3) is 10.9 Å². The van der Waals surface area contributed by atoms with Gasteiger partial charge in [0.2, 0.25) is 0 Å². The standard InChI is InChI=1S/C26H33N3O4S/c1-18-14-21-15-23(34(5,31)32)8-9-24(21)29(18)17-22-7-6-20(16-27-22)19-10-12-28(13-11-19)25(30)33-26(2,3)4/h6-9,14-16,19H,10-13,17H2,1-5H3. The van der Waals surface area contributed by atoms with E-state index >= 15 is 0 Å². The molecule has 3 heterocycles. The summed E-state index contributed by atoms with van der Waals surface area (Å²) in [7, 11) is -3.24. The van der Waals surface area contributed by atoms with Crippen LogP contribution in [0, 0.1) is 6.92 Å². The molecule has 1 aliphatic heterocycles. The Hall–Kier alpha value is -2.87. The number of hydrogen-bond donors (Lipinski definition) is 0. The van der Waals surface area contributed by atoms with Crippen molar-refractivity contribution in [1.29, 1.82) is 0 Å². The van der Waals surface area contributed by atoms with Gasteiger partial charge in [-0.3, -0.25) is 4.98 Å². The number of rotatable bonds is 4. The summed E-state index contributed by atoms with van der Waals surface area (Å²) in [5, 5.41) is 0.911. The highest BCUT2D eigenvalue weighted by Crippen LogP contribution is 2.29. The van der Waals surface area contributed by atoms with Crippen molar-refractivity contribution in [1.82, 2.24) is 14.5 Å². The summed E-state index contributed by atoms with van der Waals surface area (Å²) in [6.07, 6.45) is 4.73. The summed E-state index contributed by atoms with van der Waals surface area (Å²) in [5.74, 6) is 0.379. The number of amides is 1. The monoisotopic (exact) mass is 483 g/mol. The number of carbonyl (C=O) groups excluding carboxylic acids is 1. The Labute approximate surface area is 201 Å². The molecule has 34 heavy (non-hydrogen) atoms. The van der Waals surface area contributed by atoms with E-state index in [1.54, 1.807) is 17.0 Å². The molecular formula is C26H33N3O4S. The molecule has 1 aromatic carbocycles. The first kappa shape index (κ1) is 24.3. The minimum absolute atomic E-state index is 0.239. The second kappa shape index (κ2) is 9.06. The molecule has 0 spiro atoms. The van der Waals surface area contributed by atoms with Crippen LogP contribution in [0.1, 0.15) is 56.5 Å². The highest BCUT2D eigenvalue weighted by Gasteiger charge is 2.27. The predicted molar refractivity (Wildman–Crippen MR) is 133 cm³/mol. The second-order valence-corrected chi connectivity index (χ2v) is 12.2. The molecule has 0 bridgehead atoms. The lowest BCUT2D eigenvalue weighted by Crippen LogP contribution is -2.41. The first-order chi connectivity index (χ1) is 15.9. The zero-order valence-corrected chi connectivity index (χ0v) is 21.4. The number of hydrogen-bond acceptors (Lipinski definition) is 5. The Morgan fingerprint density at radius 3 is 2.41 bits per heavy atom. The van der Waals surface area contributed by atoms with Crippen molar-refractivity contribution in [2.45, 2.75) is 63.5 Å². The van der Waals surface area contributed by atoms with Crippen molar-refractivity contribution < 1.29 is 17.9 Å². The van der Waals surface area contributed by atoms with Crippen LogP contribution in [-0.4, -0.2) is 53.9 Å². The molecule has 1 saturated heterocycles. The second-order valence-electron chi connectivity index (χ2n) is 10.2. The van der Waals surface area contributed by atoms with Crippen LogP contribution in [0.4, 0.5) is 4.79 Å². The lowest BCUT2D eigenvalue weighted by Gasteiger charge is -2.33. The average molecular weight is 484 g/mol. The minimum Gasteiger partial charge on any atom is -0.444 e. The van der Waals surface area contributed by atoms with E-state index in [1.165, 1.54) is 11.8 Å². The van der Waals surface area contributed by atoms with Gasteiger partial charge in [-0.1, -0.05) is 6.07 Å². The van der Waals surface area contributed by atoms with E-state index in [9.17, 15) is 13.2 Å². The van der Waals surface area contributed by atoms with Crippen LogP contribution >= 0.6 is 0 Å². The molecule has 1 amide bonds. The Morgan fingerprint density at radius 2 is 1.82 bits per heavy atom. The molecule has 0 saturated carbocycles. The lowest BCUT2D eigenvalue weighted by molar-refractivity contribution is 0.0205. The smallest absolute Gasteiger partial charge is 0.410 e. The first-order valence-corrected chi connectivity index (χ1v) is 13.5. The van der Waals surface area contributed by atoms with Crippen molar-refractivity contribution >= 4 is 26.8 Å². The summed E-state index contributed by atoms with van der Waals surface area (Å²) >= 11 is 0. The molecule has 8 heteroatoms. The molecule has 1 fully saturated rings. The van der Waals surface area contributed by atoms with Gasteiger partial charge in [0, 0.05) is 42.1 Å². The third kappa shape index (κ3) is 5.43. The van der Waals surface area contributed by atoms with Gasteiger partial charge in [-0.05, 0) is 82.3 Å². The van der Waals surface area contributed by atoms with Gasteiger partial charge in [-0.25, -0.2) is 13.2 Å². The van der Waals surface area contributed by atoms with Gasteiger partial charge in [-0.2, -0.15) is 0 Å². The van der Waals surface area contributed by atoms with E-state index in [1.807, 2.05) is 46.0 Å². The summed E-state index contributed by atoms with van der Waals surface area (Å²) < 4.78 is 31.4. The summed E-state index contributed by atoms with van der Waals surface area (Å²) in [5.41, 5.74) is 3.71. The molecular weight excluding hydrogens is 450 g/mol. The quantitative estimate of drug-likeness (QED) is 0.527. The first-order valence-electron chi connectivity index (χ1n) is 11.6. The number of sulfone groups is 1. The zero-order valence-electron chi connectivity index (χ0n) is 20.5. The Kier molecular flexibility index (Phi) is 6.46. The number of aromatic nitrogens is 2. The largest absolute Gasteiger partial charge is 0.444 e. The number of ether oxygens (including phenoxy) is 1. The van der Waals surface area contributed by atoms with E-state index < -0.39 is 15.4 Å². The zero-order chi connectivity index (χ0) is 24.7. The molecule has 7 nitrogen and oxygen atoms in total. The number of likely N-dealkylation sites (tertiary alicyclic amines) is 1. The molecule has 0 radical (unpaired) electrons. The fourth-order valence-electron chi connectivity index (χ4n) is 4.48.